The van der Waals surface area contributed by atoms with Crippen LogP contribution in [0.3, 0.4) is 0 Å². The highest BCUT2D eigenvalue weighted by Crippen LogP contribution is 2.24. The molecule has 0 fully saturated rings. The Balaban J connectivity index is 3.88. The van der Waals surface area contributed by atoms with Crippen LogP contribution in [0.15, 0.2) is 0 Å². The van der Waals surface area contributed by atoms with Crippen LogP contribution >= 0.6 is 0 Å². The molecule has 0 aliphatic rings. The lowest BCUT2D eigenvalue weighted by Crippen LogP contribution is -2.30. The largest absolute Gasteiger partial charge is 0.465 e. The van der Waals surface area contributed by atoms with Gasteiger partial charge < -0.3 is 9.47 Å². The van der Waals surface area contributed by atoms with Crippen molar-refractivity contribution in [3.05, 3.63) is 0 Å². The van der Waals surface area contributed by atoms with Crippen LogP contribution in [0.5, 0.6) is 0 Å². The molecular formula is C16H27F3O4. The molecule has 0 heterocycles. The first kappa shape index (κ1) is 21.7. The lowest BCUT2D eigenvalue weighted by atomic mass is 9.86. The number of carbonyl (C=O) groups excluding carboxylic acids is 2. The van der Waals surface area contributed by atoms with E-state index in [1.165, 1.54) is 0 Å². The average molecular weight is 340 g/mol. The number of esters is 2. The van der Waals surface area contributed by atoms with E-state index in [2.05, 4.69) is 25.5 Å². The highest BCUT2D eigenvalue weighted by molar-refractivity contribution is 5.72. The summed E-state index contributed by atoms with van der Waals surface area (Å²) in [4.78, 5) is 22.8. The summed E-state index contributed by atoms with van der Waals surface area (Å²) in [7, 11) is 0. The number of ether oxygens (including phenoxy) is 2. The van der Waals surface area contributed by atoms with Crippen molar-refractivity contribution in [1.82, 2.24) is 0 Å². The monoisotopic (exact) mass is 340 g/mol. The standard InChI is InChI=1S/C16H27F3O4/c1-11(9-15(3,4)5)10-22-13(20)7-6-8-14(21)23-12(2)16(17,18)19/h11-12H,6-10H2,1-5H3. The third-order valence-corrected chi connectivity index (χ3v) is 3.02. The first-order chi connectivity index (χ1) is 10.3. The molecule has 0 saturated heterocycles. The molecule has 0 aliphatic heterocycles. The van der Waals surface area contributed by atoms with Gasteiger partial charge in [0.2, 0.25) is 0 Å². The summed E-state index contributed by atoms with van der Waals surface area (Å²) in [5.41, 5.74) is 0.144. The average Bonchev–Trinajstić information content (AvgIpc) is 2.33. The van der Waals surface area contributed by atoms with Crippen LogP contribution in [-0.4, -0.2) is 30.8 Å². The van der Waals surface area contributed by atoms with E-state index in [0.717, 1.165) is 13.3 Å². The fraction of sp³-hybridized carbons (Fsp3) is 0.875. The maximum Gasteiger partial charge on any atom is 0.425 e. The van der Waals surface area contributed by atoms with Crippen molar-refractivity contribution < 1.29 is 32.2 Å². The molecule has 7 heteroatoms. The SMILES string of the molecule is CC(COC(=O)CCCC(=O)OC(C)C(F)(F)F)CC(C)(C)C. The summed E-state index contributed by atoms with van der Waals surface area (Å²) < 4.78 is 45.9. The minimum atomic E-state index is -4.57. The van der Waals surface area contributed by atoms with Crippen molar-refractivity contribution in [3.8, 4) is 0 Å². The highest BCUT2D eigenvalue weighted by Gasteiger charge is 2.38. The van der Waals surface area contributed by atoms with Crippen molar-refractivity contribution in [2.45, 2.75) is 72.6 Å². The van der Waals surface area contributed by atoms with Gasteiger partial charge in [-0.25, -0.2) is 0 Å². The fourth-order valence-corrected chi connectivity index (χ4v) is 2.11. The molecule has 0 amide bonds. The van der Waals surface area contributed by atoms with Gasteiger partial charge in [-0.1, -0.05) is 27.7 Å². The third kappa shape index (κ3) is 11.9. The molecule has 0 radical (unpaired) electrons. The van der Waals surface area contributed by atoms with E-state index in [1.54, 1.807) is 0 Å². The quantitative estimate of drug-likeness (QED) is 0.619. The molecule has 0 spiro atoms. The molecule has 4 nitrogen and oxygen atoms in total. The highest BCUT2D eigenvalue weighted by atomic mass is 19.4. The summed E-state index contributed by atoms with van der Waals surface area (Å²) >= 11 is 0. The Bertz CT molecular complexity index is 386. The number of halogens is 3. The first-order valence-electron chi connectivity index (χ1n) is 7.73. The summed E-state index contributed by atoms with van der Waals surface area (Å²) in [6.07, 6.45) is -5.96. The summed E-state index contributed by atoms with van der Waals surface area (Å²) in [6.45, 7) is 9.33. The van der Waals surface area contributed by atoms with Gasteiger partial charge in [-0.15, -0.1) is 0 Å². The number of alkyl halides is 3. The van der Waals surface area contributed by atoms with Crippen LogP contribution < -0.4 is 0 Å². The van der Waals surface area contributed by atoms with Crippen LogP contribution in [0.1, 0.15) is 60.3 Å². The van der Waals surface area contributed by atoms with Gasteiger partial charge in [-0.05, 0) is 31.1 Å². The predicted molar refractivity (Wildman–Crippen MR) is 79.7 cm³/mol. The van der Waals surface area contributed by atoms with Crippen LogP contribution in [-0.2, 0) is 19.1 Å². The third-order valence-electron chi connectivity index (χ3n) is 3.02. The van der Waals surface area contributed by atoms with Gasteiger partial charge in [0.25, 0.3) is 0 Å². The molecule has 136 valence electrons. The van der Waals surface area contributed by atoms with Crippen molar-refractivity contribution >= 4 is 11.9 Å². The van der Waals surface area contributed by atoms with Gasteiger partial charge in [0, 0.05) is 12.8 Å². The Morgan fingerprint density at radius 2 is 1.52 bits per heavy atom. The number of hydrogen-bond donors (Lipinski definition) is 0. The second kappa shape index (κ2) is 9.13. The minimum absolute atomic E-state index is 0.0161. The Hall–Kier alpha value is -1.27. The van der Waals surface area contributed by atoms with E-state index in [1.807, 2.05) is 6.92 Å². The molecule has 0 aliphatic carbocycles. The normalized spacial score (nSPS) is 15.0. The van der Waals surface area contributed by atoms with Crippen LogP contribution in [0.25, 0.3) is 0 Å². The van der Waals surface area contributed by atoms with Crippen molar-refractivity contribution in [1.29, 1.82) is 0 Å². The van der Waals surface area contributed by atoms with E-state index < -0.39 is 24.2 Å². The Kier molecular flexibility index (Phi) is 8.63. The second-order valence-electron chi connectivity index (χ2n) is 7.08. The molecule has 2 unspecified atom stereocenters. The van der Waals surface area contributed by atoms with Crippen LogP contribution in [0.2, 0.25) is 0 Å². The predicted octanol–water partition coefficient (Wildman–Crippen LogP) is 4.27. The van der Waals surface area contributed by atoms with E-state index >= 15 is 0 Å². The lowest BCUT2D eigenvalue weighted by molar-refractivity contribution is -0.216. The van der Waals surface area contributed by atoms with Crippen molar-refractivity contribution in [3.63, 3.8) is 0 Å². The molecule has 0 aromatic rings. The molecule has 2 atom stereocenters. The number of hydrogen-bond acceptors (Lipinski definition) is 4. The number of carbonyl (C=O) groups is 2. The van der Waals surface area contributed by atoms with E-state index in [-0.39, 0.29) is 30.6 Å². The summed E-state index contributed by atoms with van der Waals surface area (Å²) in [5, 5.41) is 0. The zero-order chi connectivity index (χ0) is 18.3. The summed E-state index contributed by atoms with van der Waals surface area (Å²) in [6, 6.07) is 0. The van der Waals surface area contributed by atoms with E-state index in [9.17, 15) is 22.8 Å². The topological polar surface area (TPSA) is 52.6 Å². The van der Waals surface area contributed by atoms with E-state index in [4.69, 9.17) is 4.74 Å². The molecule has 0 bridgehead atoms. The lowest BCUT2D eigenvalue weighted by Gasteiger charge is -2.22. The molecule has 0 rings (SSSR count). The van der Waals surface area contributed by atoms with Crippen LogP contribution in [0.4, 0.5) is 13.2 Å². The minimum Gasteiger partial charge on any atom is -0.465 e. The molecule has 0 saturated carbocycles. The van der Waals surface area contributed by atoms with Gasteiger partial charge in [0.1, 0.15) is 0 Å². The number of rotatable bonds is 8. The smallest absolute Gasteiger partial charge is 0.425 e. The van der Waals surface area contributed by atoms with Crippen molar-refractivity contribution in [2.24, 2.45) is 11.3 Å². The molecule has 23 heavy (non-hydrogen) atoms. The van der Waals surface area contributed by atoms with Gasteiger partial charge in [0.15, 0.2) is 6.10 Å². The Morgan fingerprint density at radius 3 is 2.00 bits per heavy atom. The maximum atomic E-state index is 12.2. The Morgan fingerprint density at radius 1 is 1.00 bits per heavy atom. The van der Waals surface area contributed by atoms with Crippen LogP contribution in [0, 0.1) is 11.3 Å². The van der Waals surface area contributed by atoms with Gasteiger partial charge in [-0.3, -0.25) is 9.59 Å². The molecular weight excluding hydrogens is 313 g/mol. The molecule has 0 N–H and O–H groups in total. The second-order valence-corrected chi connectivity index (χ2v) is 7.08. The zero-order valence-electron chi connectivity index (χ0n) is 14.5. The van der Waals surface area contributed by atoms with E-state index in [0.29, 0.717) is 6.61 Å². The Labute approximate surface area is 135 Å². The first-order valence-corrected chi connectivity index (χ1v) is 7.73. The van der Waals surface area contributed by atoms with Gasteiger partial charge in [0.05, 0.1) is 6.61 Å². The van der Waals surface area contributed by atoms with Gasteiger partial charge in [-0.2, -0.15) is 13.2 Å². The fourth-order valence-electron chi connectivity index (χ4n) is 2.11. The summed E-state index contributed by atoms with van der Waals surface area (Å²) in [5.74, 6) is -1.21. The van der Waals surface area contributed by atoms with Crippen molar-refractivity contribution in [2.75, 3.05) is 6.61 Å². The van der Waals surface area contributed by atoms with Gasteiger partial charge >= 0.3 is 18.1 Å². The zero-order valence-corrected chi connectivity index (χ0v) is 14.5. The maximum absolute atomic E-state index is 12.2. The molecule has 0 aromatic heterocycles. The molecule has 0 aromatic carbocycles.